The molecular weight excluding hydrogens is 484 g/mol. The number of rotatable bonds is 8. The van der Waals surface area contributed by atoms with Crippen LogP contribution in [0.1, 0.15) is 18.4 Å². The van der Waals surface area contributed by atoms with E-state index in [1.807, 2.05) is 13.2 Å². The molecule has 1 aliphatic rings. The lowest BCUT2D eigenvalue weighted by Gasteiger charge is -2.23. The summed E-state index contributed by atoms with van der Waals surface area (Å²) in [4.78, 5) is 13.7. The van der Waals surface area contributed by atoms with Crippen LogP contribution in [0.5, 0.6) is 11.5 Å². The Hall–Kier alpha value is -4.06. The first-order chi connectivity index (χ1) is 18.0. The fraction of sp³-hybridized carbons (Fsp3) is 0.360. The third kappa shape index (κ3) is 5.10. The Morgan fingerprint density at radius 1 is 1.11 bits per heavy atom. The van der Waals surface area contributed by atoms with Crippen molar-refractivity contribution >= 4 is 22.7 Å². The monoisotopic (exact) mass is 511 g/mol. The number of aryl methyl sites for hydroxylation is 1. The largest absolute Gasteiger partial charge is 0.494 e. The van der Waals surface area contributed by atoms with Gasteiger partial charge >= 0.3 is 0 Å². The molecule has 1 saturated heterocycles. The molecule has 2 N–H and O–H groups in total. The first-order valence-corrected chi connectivity index (χ1v) is 11.8. The molecule has 10 nitrogen and oxygen atoms in total. The van der Waals surface area contributed by atoms with E-state index in [0.29, 0.717) is 35.8 Å². The van der Waals surface area contributed by atoms with Crippen molar-refractivity contribution in [3.05, 3.63) is 47.9 Å². The van der Waals surface area contributed by atoms with E-state index in [9.17, 15) is 0 Å². The van der Waals surface area contributed by atoms with Crippen molar-refractivity contribution in [2.24, 2.45) is 7.05 Å². The number of nitrogens with zero attached hydrogens (tertiary/aromatic N) is 5. The van der Waals surface area contributed by atoms with Gasteiger partial charge in [0, 0.05) is 49.6 Å². The summed E-state index contributed by atoms with van der Waals surface area (Å²) < 4.78 is 48.0. The van der Waals surface area contributed by atoms with Crippen molar-refractivity contribution in [3.63, 3.8) is 0 Å². The summed E-state index contributed by atoms with van der Waals surface area (Å²) in [6.45, 7) is 1.68. The van der Waals surface area contributed by atoms with Gasteiger partial charge in [0.1, 0.15) is 5.52 Å². The third-order valence-corrected chi connectivity index (χ3v) is 6.11. The number of nitrogens with one attached hydrogen (secondary N) is 2. The Bertz CT molecular complexity index is 1400. The van der Waals surface area contributed by atoms with Crippen molar-refractivity contribution in [1.29, 1.82) is 0 Å². The number of benzene rings is 1. The van der Waals surface area contributed by atoms with Gasteiger partial charge in [-0.15, -0.1) is 0 Å². The van der Waals surface area contributed by atoms with Gasteiger partial charge in [0.2, 0.25) is 5.95 Å². The highest BCUT2D eigenvalue weighted by Gasteiger charge is 2.24. The molecule has 4 heterocycles. The second-order valence-corrected chi connectivity index (χ2v) is 8.71. The van der Waals surface area contributed by atoms with Crippen molar-refractivity contribution < 1.29 is 23.0 Å². The maximum absolute atomic E-state index is 15.3. The highest BCUT2D eigenvalue weighted by molar-refractivity contribution is 5.92. The quantitative estimate of drug-likeness (QED) is 0.364. The van der Waals surface area contributed by atoms with Gasteiger partial charge in [-0.25, -0.2) is 23.7 Å². The molecule has 1 aromatic carbocycles. The number of ether oxygens (including phenoxy) is 3. The average molecular weight is 512 g/mol. The highest BCUT2D eigenvalue weighted by Crippen LogP contribution is 2.38. The minimum atomic E-state index is -0.887. The number of pyridine rings is 1. The van der Waals surface area contributed by atoms with Gasteiger partial charge in [-0.2, -0.15) is 5.10 Å². The predicted molar refractivity (Wildman–Crippen MR) is 134 cm³/mol. The number of aromatic nitrogens is 5. The number of halogens is 2. The van der Waals surface area contributed by atoms with E-state index in [4.69, 9.17) is 14.2 Å². The van der Waals surface area contributed by atoms with E-state index < -0.39 is 11.6 Å². The topological polar surface area (TPSA) is 108 Å². The number of hydrogen-bond acceptors (Lipinski definition) is 9. The van der Waals surface area contributed by atoms with Crippen LogP contribution >= 0.6 is 0 Å². The zero-order valence-corrected chi connectivity index (χ0v) is 20.7. The lowest BCUT2D eigenvalue weighted by Crippen LogP contribution is -2.30. The molecule has 194 valence electrons. The summed E-state index contributed by atoms with van der Waals surface area (Å²) in [6, 6.07) is 2.79. The van der Waals surface area contributed by atoms with Crippen LogP contribution in [0.4, 0.5) is 20.5 Å². The maximum atomic E-state index is 15.3. The van der Waals surface area contributed by atoms with Crippen LogP contribution in [-0.4, -0.2) is 58.2 Å². The van der Waals surface area contributed by atoms with Crippen LogP contribution in [0.2, 0.25) is 0 Å². The first-order valence-electron chi connectivity index (χ1n) is 11.8. The van der Waals surface area contributed by atoms with Crippen molar-refractivity contribution in [1.82, 2.24) is 24.7 Å². The number of anilines is 2. The van der Waals surface area contributed by atoms with E-state index in [-0.39, 0.29) is 28.8 Å². The van der Waals surface area contributed by atoms with E-state index in [1.165, 1.54) is 14.2 Å². The molecule has 5 rings (SSSR count). The minimum absolute atomic E-state index is 0.0402. The van der Waals surface area contributed by atoms with E-state index >= 15 is 8.78 Å². The van der Waals surface area contributed by atoms with Gasteiger partial charge in [0.05, 0.1) is 44.3 Å². The third-order valence-electron chi connectivity index (χ3n) is 6.11. The molecule has 0 radical (unpaired) electrons. The molecule has 0 amide bonds. The molecule has 3 aromatic heterocycles. The standard InChI is InChI=1S/C25H27F2N7O3/c1-34-12-14(10-30-34)9-28-24-23-15(11-29-25(33-23)31-16-5-4-6-37-13-16)7-17(32-24)20-21(26)18(35-2)8-19(36-3)22(20)27/h7-8,10-12,16H,4-6,9,13H2,1-3H3,(H,28,32)(H,29,31,33)/t16-/m0/s1. The van der Waals surface area contributed by atoms with Gasteiger partial charge < -0.3 is 24.8 Å². The Labute approximate surface area is 212 Å². The number of hydrogen-bond donors (Lipinski definition) is 2. The zero-order valence-electron chi connectivity index (χ0n) is 20.7. The van der Waals surface area contributed by atoms with E-state index in [2.05, 4.69) is 30.7 Å². The van der Waals surface area contributed by atoms with Gasteiger partial charge in [-0.3, -0.25) is 4.68 Å². The number of methoxy groups -OCH3 is 2. The fourth-order valence-electron chi connectivity index (χ4n) is 4.26. The molecule has 0 aliphatic carbocycles. The van der Waals surface area contributed by atoms with Crippen LogP contribution in [0.15, 0.2) is 30.7 Å². The van der Waals surface area contributed by atoms with Gasteiger partial charge in [0.15, 0.2) is 29.0 Å². The van der Waals surface area contributed by atoms with Crippen LogP contribution < -0.4 is 20.1 Å². The molecule has 1 fully saturated rings. The van der Waals surface area contributed by atoms with Crippen molar-refractivity contribution in [2.75, 3.05) is 38.1 Å². The Kier molecular flexibility index (Phi) is 6.99. The summed E-state index contributed by atoms with van der Waals surface area (Å²) in [5.74, 6) is -1.34. The molecular formula is C25H27F2N7O3. The Balaban J connectivity index is 1.60. The normalized spacial score (nSPS) is 15.5. The molecule has 0 spiro atoms. The summed E-state index contributed by atoms with van der Waals surface area (Å²) in [5.41, 5.74) is 1.06. The summed E-state index contributed by atoms with van der Waals surface area (Å²) >= 11 is 0. The van der Waals surface area contributed by atoms with Gasteiger partial charge in [0.25, 0.3) is 0 Å². The molecule has 12 heteroatoms. The molecule has 0 unspecified atom stereocenters. The number of fused-ring (bicyclic) bond motifs is 1. The molecule has 37 heavy (non-hydrogen) atoms. The smallest absolute Gasteiger partial charge is 0.223 e. The Morgan fingerprint density at radius 2 is 1.89 bits per heavy atom. The second-order valence-electron chi connectivity index (χ2n) is 8.71. The summed E-state index contributed by atoms with van der Waals surface area (Å²) in [5, 5.41) is 11.3. The molecule has 1 atom stereocenters. The lowest BCUT2D eigenvalue weighted by atomic mass is 10.1. The van der Waals surface area contributed by atoms with Crippen LogP contribution in [-0.2, 0) is 18.3 Å². The fourth-order valence-corrected chi connectivity index (χ4v) is 4.26. The first kappa shape index (κ1) is 24.6. The lowest BCUT2D eigenvalue weighted by molar-refractivity contribution is 0.0874. The molecule has 1 aliphatic heterocycles. The summed E-state index contributed by atoms with van der Waals surface area (Å²) in [6.07, 6.45) is 7.07. The van der Waals surface area contributed by atoms with Crippen molar-refractivity contribution in [3.8, 4) is 22.8 Å². The minimum Gasteiger partial charge on any atom is -0.494 e. The zero-order chi connectivity index (χ0) is 25.9. The van der Waals surface area contributed by atoms with Crippen LogP contribution in [0, 0.1) is 11.6 Å². The SMILES string of the molecule is COc1cc(OC)c(F)c(-c2cc3cnc(N[C@H]4CCCOC4)nc3c(NCc3cnn(C)c3)n2)c1F. The summed E-state index contributed by atoms with van der Waals surface area (Å²) in [7, 11) is 4.42. The van der Waals surface area contributed by atoms with E-state index in [0.717, 1.165) is 31.1 Å². The van der Waals surface area contributed by atoms with Crippen molar-refractivity contribution in [2.45, 2.75) is 25.4 Å². The van der Waals surface area contributed by atoms with Crippen LogP contribution in [0.25, 0.3) is 22.2 Å². The van der Waals surface area contributed by atoms with E-state index in [1.54, 1.807) is 23.1 Å². The highest BCUT2D eigenvalue weighted by atomic mass is 19.1. The van der Waals surface area contributed by atoms with Gasteiger partial charge in [-0.1, -0.05) is 0 Å². The average Bonchev–Trinajstić information content (AvgIpc) is 3.33. The molecule has 0 bridgehead atoms. The Morgan fingerprint density at radius 3 is 2.54 bits per heavy atom. The predicted octanol–water partition coefficient (Wildman–Crippen LogP) is 3.92. The second kappa shape index (κ2) is 10.5. The van der Waals surface area contributed by atoms with Gasteiger partial charge in [-0.05, 0) is 18.9 Å². The molecule has 4 aromatic rings. The molecule has 0 saturated carbocycles. The maximum Gasteiger partial charge on any atom is 0.223 e. The van der Waals surface area contributed by atoms with Crippen LogP contribution in [0.3, 0.4) is 0 Å².